The third-order valence-electron chi connectivity index (χ3n) is 4.03. The van der Waals surface area contributed by atoms with Crippen LogP contribution in [0, 0.1) is 0 Å². The molecule has 0 saturated heterocycles. The summed E-state index contributed by atoms with van der Waals surface area (Å²) >= 11 is 0. The number of sulfonamides is 1. The van der Waals surface area contributed by atoms with E-state index in [0.29, 0.717) is 30.5 Å². The number of ether oxygens (including phenoxy) is 4. The molecule has 0 saturated carbocycles. The molecule has 7 nitrogen and oxygen atoms in total. The molecular formula is C18H21NO6S. The molecule has 0 aromatic heterocycles. The first-order valence-electron chi connectivity index (χ1n) is 8.09. The molecule has 8 heteroatoms. The first-order chi connectivity index (χ1) is 12.5. The van der Waals surface area contributed by atoms with Crippen molar-refractivity contribution in [1.29, 1.82) is 0 Å². The van der Waals surface area contributed by atoms with E-state index in [2.05, 4.69) is 4.72 Å². The molecule has 140 valence electrons. The van der Waals surface area contributed by atoms with Gasteiger partial charge in [0.1, 0.15) is 19.0 Å². The van der Waals surface area contributed by atoms with E-state index in [4.69, 9.17) is 18.9 Å². The average molecular weight is 379 g/mol. The first-order valence-corrected chi connectivity index (χ1v) is 9.58. The highest BCUT2D eigenvalue weighted by Gasteiger charge is 2.21. The number of benzene rings is 2. The molecule has 0 radical (unpaired) electrons. The van der Waals surface area contributed by atoms with Gasteiger partial charge in [0.05, 0.1) is 18.1 Å². The smallest absolute Gasteiger partial charge is 0.240 e. The Morgan fingerprint density at radius 2 is 1.85 bits per heavy atom. The van der Waals surface area contributed by atoms with Crippen molar-refractivity contribution in [3.05, 3.63) is 48.0 Å². The Balaban J connectivity index is 1.74. The van der Waals surface area contributed by atoms with E-state index in [1.807, 2.05) is 24.3 Å². The summed E-state index contributed by atoms with van der Waals surface area (Å²) in [5.74, 6) is 1.65. The Morgan fingerprint density at radius 3 is 2.58 bits per heavy atom. The van der Waals surface area contributed by atoms with E-state index in [1.54, 1.807) is 13.2 Å². The molecule has 2 aromatic carbocycles. The Kier molecular flexibility index (Phi) is 5.65. The van der Waals surface area contributed by atoms with Gasteiger partial charge in [0.2, 0.25) is 10.0 Å². The minimum Gasteiger partial charge on any atom is -0.497 e. The molecule has 3 rings (SSSR count). The maximum atomic E-state index is 12.6. The molecule has 1 aliphatic rings. The second-order valence-electron chi connectivity index (χ2n) is 5.66. The molecule has 0 fully saturated rings. The number of hydrogen-bond acceptors (Lipinski definition) is 6. The fraction of sp³-hybridized carbons (Fsp3) is 0.333. The van der Waals surface area contributed by atoms with Gasteiger partial charge in [0.25, 0.3) is 0 Å². The second kappa shape index (κ2) is 7.94. The van der Waals surface area contributed by atoms with Crippen LogP contribution in [0.3, 0.4) is 0 Å². The van der Waals surface area contributed by atoms with Crippen LogP contribution in [0.2, 0.25) is 0 Å². The highest BCUT2D eigenvalue weighted by Crippen LogP contribution is 2.32. The topological polar surface area (TPSA) is 83.1 Å². The zero-order valence-corrected chi connectivity index (χ0v) is 15.4. The zero-order chi connectivity index (χ0) is 18.6. The standard InChI is InChI=1S/C18H21NO6S/c1-22-14-5-3-4-13(10-14)18(23-2)12-19-26(20,21)15-6-7-16-17(11-15)25-9-8-24-16/h3-7,10-11,18-19H,8-9,12H2,1-2H3. The summed E-state index contributed by atoms with van der Waals surface area (Å²) in [4.78, 5) is 0.113. The number of methoxy groups -OCH3 is 2. The monoisotopic (exact) mass is 379 g/mol. The highest BCUT2D eigenvalue weighted by molar-refractivity contribution is 7.89. The molecule has 26 heavy (non-hydrogen) atoms. The molecule has 0 spiro atoms. The quantitative estimate of drug-likeness (QED) is 0.794. The van der Waals surface area contributed by atoms with E-state index in [1.165, 1.54) is 19.2 Å². The number of fused-ring (bicyclic) bond motifs is 1. The molecule has 0 bridgehead atoms. The van der Waals surface area contributed by atoms with Crippen LogP contribution in [0.25, 0.3) is 0 Å². The Hall–Kier alpha value is -2.29. The predicted molar refractivity (Wildman–Crippen MR) is 95.4 cm³/mol. The normalized spacial score (nSPS) is 14.7. The van der Waals surface area contributed by atoms with Crippen molar-refractivity contribution in [1.82, 2.24) is 4.72 Å². The molecule has 1 N–H and O–H groups in total. The SMILES string of the molecule is COc1cccc(C(CNS(=O)(=O)c2ccc3c(c2)OCCO3)OC)c1. The minimum atomic E-state index is -3.72. The van der Waals surface area contributed by atoms with Gasteiger partial charge in [0, 0.05) is 19.7 Å². The van der Waals surface area contributed by atoms with Crippen LogP contribution in [-0.4, -0.2) is 42.4 Å². The van der Waals surface area contributed by atoms with Crippen LogP contribution >= 0.6 is 0 Å². The third-order valence-corrected chi connectivity index (χ3v) is 5.45. The summed E-state index contributed by atoms with van der Waals surface area (Å²) in [5, 5.41) is 0. The van der Waals surface area contributed by atoms with Crippen LogP contribution in [0.1, 0.15) is 11.7 Å². The van der Waals surface area contributed by atoms with Crippen molar-refractivity contribution in [3.8, 4) is 17.2 Å². The van der Waals surface area contributed by atoms with Crippen LogP contribution < -0.4 is 18.9 Å². The van der Waals surface area contributed by atoms with Gasteiger partial charge in [-0.05, 0) is 29.8 Å². The molecule has 0 aliphatic carbocycles. The molecular weight excluding hydrogens is 358 g/mol. The molecule has 0 amide bonds. The fourth-order valence-electron chi connectivity index (χ4n) is 2.64. The summed E-state index contributed by atoms with van der Waals surface area (Å²) in [6.45, 7) is 0.930. The minimum absolute atomic E-state index is 0.0838. The summed E-state index contributed by atoms with van der Waals surface area (Å²) < 4.78 is 49.3. The average Bonchev–Trinajstić information content (AvgIpc) is 2.68. The lowest BCUT2D eigenvalue weighted by Crippen LogP contribution is -2.29. The van der Waals surface area contributed by atoms with E-state index < -0.39 is 16.1 Å². The maximum absolute atomic E-state index is 12.6. The molecule has 1 unspecified atom stereocenters. The zero-order valence-electron chi connectivity index (χ0n) is 14.6. The lowest BCUT2D eigenvalue weighted by atomic mass is 10.1. The number of rotatable bonds is 7. The summed E-state index contributed by atoms with van der Waals surface area (Å²) in [7, 11) is -0.614. The van der Waals surface area contributed by atoms with Crippen molar-refractivity contribution in [2.45, 2.75) is 11.0 Å². The van der Waals surface area contributed by atoms with Crippen molar-refractivity contribution in [2.75, 3.05) is 34.0 Å². The van der Waals surface area contributed by atoms with Crippen molar-refractivity contribution in [2.24, 2.45) is 0 Å². The predicted octanol–water partition coefficient (Wildman–Crippen LogP) is 2.13. The van der Waals surface area contributed by atoms with Gasteiger partial charge in [-0.3, -0.25) is 0 Å². The molecule has 1 atom stereocenters. The lowest BCUT2D eigenvalue weighted by Gasteiger charge is -2.20. The fourth-order valence-corrected chi connectivity index (χ4v) is 3.69. The van der Waals surface area contributed by atoms with Gasteiger partial charge in [-0.25, -0.2) is 13.1 Å². The maximum Gasteiger partial charge on any atom is 0.240 e. The van der Waals surface area contributed by atoms with E-state index in [-0.39, 0.29) is 11.4 Å². The summed E-state index contributed by atoms with van der Waals surface area (Å²) in [6, 6.07) is 11.9. The number of hydrogen-bond donors (Lipinski definition) is 1. The van der Waals surface area contributed by atoms with Crippen molar-refractivity contribution in [3.63, 3.8) is 0 Å². The van der Waals surface area contributed by atoms with Gasteiger partial charge in [-0.1, -0.05) is 12.1 Å². The largest absolute Gasteiger partial charge is 0.497 e. The van der Waals surface area contributed by atoms with Crippen LogP contribution in [0.4, 0.5) is 0 Å². The third kappa shape index (κ3) is 4.09. The van der Waals surface area contributed by atoms with E-state index in [9.17, 15) is 8.42 Å². The Labute approximate surface area is 152 Å². The van der Waals surface area contributed by atoms with Gasteiger partial charge < -0.3 is 18.9 Å². The van der Waals surface area contributed by atoms with Gasteiger partial charge in [-0.2, -0.15) is 0 Å². The molecule has 1 heterocycles. The van der Waals surface area contributed by atoms with Crippen LogP contribution in [0.5, 0.6) is 17.2 Å². The Morgan fingerprint density at radius 1 is 1.08 bits per heavy atom. The first kappa shape index (κ1) is 18.5. The van der Waals surface area contributed by atoms with E-state index in [0.717, 1.165) is 5.56 Å². The van der Waals surface area contributed by atoms with E-state index >= 15 is 0 Å². The van der Waals surface area contributed by atoms with Crippen molar-refractivity contribution >= 4 is 10.0 Å². The lowest BCUT2D eigenvalue weighted by molar-refractivity contribution is 0.107. The molecule has 1 aliphatic heterocycles. The van der Waals surface area contributed by atoms with Crippen LogP contribution in [-0.2, 0) is 14.8 Å². The van der Waals surface area contributed by atoms with Crippen LogP contribution in [0.15, 0.2) is 47.4 Å². The van der Waals surface area contributed by atoms with Gasteiger partial charge in [0.15, 0.2) is 11.5 Å². The van der Waals surface area contributed by atoms with Gasteiger partial charge in [-0.15, -0.1) is 0 Å². The highest BCUT2D eigenvalue weighted by atomic mass is 32.2. The molecule has 2 aromatic rings. The second-order valence-corrected chi connectivity index (χ2v) is 7.43. The van der Waals surface area contributed by atoms with Gasteiger partial charge >= 0.3 is 0 Å². The summed E-state index contributed by atoms with van der Waals surface area (Å²) in [5.41, 5.74) is 0.816. The number of nitrogens with one attached hydrogen (secondary N) is 1. The Bertz CT molecular complexity index is 868. The van der Waals surface area contributed by atoms with Crippen molar-refractivity contribution < 1.29 is 27.4 Å². The summed E-state index contributed by atoms with van der Waals surface area (Å²) in [6.07, 6.45) is -0.447.